The van der Waals surface area contributed by atoms with Crippen molar-refractivity contribution in [2.24, 2.45) is 5.41 Å². The van der Waals surface area contributed by atoms with Gasteiger partial charge in [-0.05, 0) is 61.3 Å². The third-order valence-corrected chi connectivity index (χ3v) is 5.65. The maximum absolute atomic E-state index is 12.3. The topological polar surface area (TPSA) is 50.8 Å². The zero-order valence-electron chi connectivity index (χ0n) is 16.3. The van der Waals surface area contributed by atoms with Crippen molar-refractivity contribution in [1.29, 1.82) is 0 Å². The first-order valence-corrected chi connectivity index (χ1v) is 9.77. The Morgan fingerprint density at radius 1 is 1.21 bits per heavy atom. The van der Waals surface area contributed by atoms with Crippen LogP contribution in [0.1, 0.15) is 61.3 Å². The molecule has 5 nitrogen and oxygen atoms in total. The molecule has 2 aliphatic rings. The van der Waals surface area contributed by atoms with Crippen molar-refractivity contribution < 1.29 is 14.3 Å². The number of nitrogens with one attached hydrogen (secondary N) is 1. The Hall–Kier alpha value is -0.460. The minimum Gasteiger partial charge on any atom is -0.444 e. The van der Waals surface area contributed by atoms with E-state index in [4.69, 9.17) is 9.47 Å². The summed E-state index contributed by atoms with van der Waals surface area (Å²) >= 11 is 1.78. The van der Waals surface area contributed by atoms with E-state index in [-0.39, 0.29) is 22.4 Å². The molecule has 2 atom stereocenters. The number of hydrogen-bond acceptors (Lipinski definition) is 5. The Kier molecular flexibility index (Phi) is 5.83. The van der Waals surface area contributed by atoms with Gasteiger partial charge >= 0.3 is 6.09 Å². The van der Waals surface area contributed by atoms with Crippen LogP contribution >= 0.6 is 11.9 Å². The van der Waals surface area contributed by atoms with Gasteiger partial charge in [0.2, 0.25) is 0 Å². The average Bonchev–Trinajstić information content (AvgIpc) is 2.71. The van der Waals surface area contributed by atoms with E-state index < -0.39 is 5.60 Å². The predicted octanol–water partition coefficient (Wildman–Crippen LogP) is 3.83. The fourth-order valence-electron chi connectivity index (χ4n) is 3.36. The third-order valence-electron chi connectivity index (χ3n) is 4.67. The summed E-state index contributed by atoms with van der Waals surface area (Å²) in [4.78, 5) is 14.1. The number of likely N-dealkylation sites (tertiary alicyclic amines) is 1. The molecule has 0 aromatic heterocycles. The second-order valence-corrected chi connectivity index (χ2v) is 10.8. The summed E-state index contributed by atoms with van der Waals surface area (Å²) in [6.45, 7) is 16.8. The van der Waals surface area contributed by atoms with Gasteiger partial charge in [0.1, 0.15) is 5.60 Å². The molecule has 2 saturated heterocycles. The van der Waals surface area contributed by atoms with Crippen molar-refractivity contribution in [3.63, 3.8) is 0 Å². The Morgan fingerprint density at radius 3 is 2.29 bits per heavy atom. The smallest absolute Gasteiger partial charge is 0.410 e. The molecule has 6 heteroatoms. The SMILES string of the molecule is C[C@@H]1OCC2(CCN(C(=O)OC(C)(C)C)CC2)[C@@H]1NSC(C)(C)C. The number of carbonyl (C=O) groups excluding carboxylic acids is 1. The lowest BCUT2D eigenvalue weighted by Crippen LogP contribution is -2.53. The summed E-state index contributed by atoms with van der Waals surface area (Å²) < 4.78 is 15.3. The number of nitrogens with zero attached hydrogens (tertiary/aromatic N) is 1. The fraction of sp³-hybridized carbons (Fsp3) is 0.944. The molecule has 1 spiro atoms. The van der Waals surface area contributed by atoms with Crippen molar-refractivity contribution in [3.05, 3.63) is 0 Å². The van der Waals surface area contributed by atoms with Gasteiger partial charge in [-0.3, -0.25) is 4.72 Å². The van der Waals surface area contributed by atoms with Gasteiger partial charge in [-0.1, -0.05) is 11.9 Å². The minimum atomic E-state index is -0.440. The Balaban J connectivity index is 1.96. The van der Waals surface area contributed by atoms with Crippen LogP contribution < -0.4 is 4.72 Å². The maximum atomic E-state index is 12.3. The number of piperidine rings is 1. The van der Waals surface area contributed by atoms with Crippen LogP contribution in [0.4, 0.5) is 4.79 Å². The number of amides is 1. The zero-order chi connectivity index (χ0) is 18.2. The summed E-state index contributed by atoms with van der Waals surface area (Å²) in [6, 6.07) is 0.322. The second kappa shape index (κ2) is 7.04. The largest absolute Gasteiger partial charge is 0.444 e. The summed E-state index contributed by atoms with van der Waals surface area (Å²) in [7, 11) is 0. The fourth-order valence-corrected chi connectivity index (χ4v) is 4.28. The minimum absolute atomic E-state index is 0.121. The van der Waals surface area contributed by atoms with E-state index in [1.165, 1.54) is 0 Å². The first kappa shape index (κ1) is 19.9. The quantitative estimate of drug-likeness (QED) is 0.760. The third kappa shape index (κ3) is 5.02. The number of hydrogen-bond donors (Lipinski definition) is 1. The molecule has 0 bridgehead atoms. The van der Waals surface area contributed by atoms with Gasteiger partial charge in [0.05, 0.1) is 18.8 Å². The lowest BCUT2D eigenvalue weighted by Gasteiger charge is -2.43. The van der Waals surface area contributed by atoms with Gasteiger partial charge in [-0.15, -0.1) is 0 Å². The van der Waals surface area contributed by atoms with Crippen LogP contribution in [0.5, 0.6) is 0 Å². The Morgan fingerprint density at radius 2 is 1.79 bits per heavy atom. The first-order chi connectivity index (χ1) is 10.9. The van der Waals surface area contributed by atoms with Gasteiger partial charge in [-0.2, -0.15) is 0 Å². The van der Waals surface area contributed by atoms with Crippen LogP contribution in [0.25, 0.3) is 0 Å². The molecular formula is C18H34N2O3S. The van der Waals surface area contributed by atoms with Crippen molar-refractivity contribution in [2.45, 2.75) is 83.8 Å². The van der Waals surface area contributed by atoms with Gasteiger partial charge in [0, 0.05) is 23.3 Å². The highest BCUT2D eigenvalue weighted by atomic mass is 32.2. The lowest BCUT2D eigenvalue weighted by atomic mass is 9.73. The summed E-state index contributed by atoms with van der Waals surface area (Å²) in [5.41, 5.74) is -0.319. The monoisotopic (exact) mass is 358 g/mol. The molecule has 0 aliphatic carbocycles. The van der Waals surface area contributed by atoms with Gasteiger partial charge in [0.25, 0.3) is 0 Å². The van der Waals surface area contributed by atoms with E-state index in [0.717, 1.165) is 32.5 Å². The molecule has 0 radical (unpaired) electrons. The molecule has 2 fully saturated rings. The van der Waals surface area contributed by atoms with E-state index in [9.17, 15) is 4.79 Å². The van der Waals surface area contributed by atoms with Crippen molar-refractivity contribution in [1.82, 2.24) is 9.62 Å². The van der Waals surface area contributed by atoms with Crippen LogP contribution in [-0.2, 0) is 9.47 Å². The van der Waals surface area contributed by atoms with Gasteiger partial charge in [0.15, 0.2) is 0 Å². The standard InChI is InChI=1S/C18H34N2O3S/c1-13-14(19-24-17(5,6)7)18(12-22-13)8-10-20(11-9-18)15(21)23-16(2,3)4/h13-14,19H,8-12H2,1-7H3/t13-,14+/m0/s1. The zero-order valence-corrected chi connectivity index (χ0v) is 17.1. The van der Waals surface area contributed by atoms with Crippen molar-refractivity contribution in [3.8, 4) is 0 Å². The maximum Gasteiger partial charge on any atom is 0.410 e. The van der Waals surface area contributed by atoms with Crippen LogP contribution in [0.2, 0.25) is 0 Å². The Bertz CT molecular complexity index is 448. The van der Waals surface area contributed by atoms with Crippen molar-refractivity contribution in [2.75, 3.05) is 19.7 Å². The first-order valence-electron chi connectivity index (χ1n) is 8.95. The molecule has 0 aromatic carbocycles. The normalized spacial score (nSPS) is 27.5. The molecule has 1 amide bonds. The van der Waals surface area contributed by atoms with E-state index in [1.807, 2.05) is 25.7 Å². The molecule has 1 N–H and O–H groups in total. The van der Waals surface area contributed by atoms with Crippen molar-refractivity contribution >= 4 is 18.0 Å². The van der Waals surface area contributed by atoms with Crippen LogP contribution in [-0.4, -0.2) is 53.2 Å². The highest BCUT2D eigenvalue weighted by molar-refractivity contribution is 7.98. The number of rotatable bonds is 2. The summed E-state index contributed by atoms with van der Waals surface area (Å²) in [5.74, 6) is 0. The van der Waals surface area contributed by atoms with E-state index in [1.54, 1.807) is 11.9 Å². The highest BCUT2D eigenvalue weighted by Crippen LogP contribution is 2.43. The van der Waals surface area contributed by atoms with Crippen LogP contribution in [0, 0.1) is 5.41 Å². The molecule has 0 aromatic rings. The summed E-state index contributed by atoms with van der Waals surface area (Å²) in [5, 5.41) is 0. The lowest BCUT2D eigenvalue weighted by molar-refractivity contribution is 0.00653. The molecular weight excluding hydrogens is 324 g/mol. The molecule has 0 unspecified atom stereocenters. The molecule has 0 saturated carbocycles. The second-order valence-electron chi connectivity index (χ2n) is 9.16. The number of carbonyl (C=O) groups is 1. The van der Waals surface area contributed by atoms with Crippen LogP contribution in [0.3, 0.4) is 0 Å². The summed E-state index contributed by atoms with van der Waals surface area (Å²) in [6.07, 6.45) is 1.92. The van der Waals surface area contributed by atoms with E-state index in [2.05, 4.69) is 32.4 Å². The average molecular weight is 359 g/mol. The van der Waals surface area contributed by atoms with Gasteiger partial charge < -0.3 is 14.4 Å². The number of ether oxygens (including phenoxy) is 2. The molecule has 140 valence electrons. The molecule has 2 rings (SSSR count). The highest BCUT2D eigenvalue weighted by Gasteiger charge is 2.50. The predicted molar refractivity (Wildman–Crippen MR) is 99.2 cm³/mol. The van der Waals surface area contributed by atoms with E-state index in [0.29, 0.717) is 6.04 Å². The molecule has 24 heavy (non-hydrogen) atoms. The Labute approximate surface area is 151 Å². The van der Waals surface area contributed by atoms with Gasteiger partial charge in [-0.25, -0.2) is 4.79 Å². The molecule has 2 heterocycles. The van der Waals surface area contributed by atoms with E-state index >= 15 is 0 Å². The molecule has 2 aliphatic heterocycles. The van der Waals surface area contributed by atoms with Crippen LogP contribution in [0.15, 0.2) is 0 Å².